The molecular weight excluding hydrogens is 220 g/mol. The summed E-state index contributed by atoms with van der Waals surface area (Å²) < 4.78 is 4.93. The molecule has 0 radical (unpaired) electrons. The monoisotopic (exact) mass is 230 g/mol. The molecule has 0 aliphatic carbocycles. The van der Waals surface area contributed by atoms with E-state index in [0.29, 0.717) is 16.9 Å². The van der Waals surface area contributed by atoms with Gasteiger partial charge in [0.15, 0.2) is 11.4 Å². The molecule has 4 N–H and O–H groups in total. The Morgan fingerprint density at radius 2 is 2.24 bits per heavy atom. The summed E-state index contributed by atoms with van der Waals surface area (Å²) in [6.45, 7) is 1.89. The molecule has 0 unspecified atom stereocenters. The number of hydrogen-bond donors (Lipinski definition) is 3. The van der Waals surface area contributed by atoms with Crippen LogP contribution in [0, 0.1) is 6.92 Å². The van der Waals surface area contributed by atoms with Gasteiger partial charge in [-0.15, -0.1) is 0 Å². The fourth-order valence-corrected chi connectivity index (χ4v) is 1.92. The molecule has 0 saturated carbocycles. The van der Waals surface area contributed by atoms with Gasteiger partial charge in [0.1, 0.15) is 0 Å². The van der Waals surface area contributed by atoms with Crippen molar-refractivity contribution in [3.8, 4) is 11.1 Å². The third kappa shape index (κ3) is 1.42. The summed E-state index contributed by atoms with van der Waals surface area (Å²) in [5.41, 5.74) is 9.57. The molecule has 86 valence electrons. The van der Waals surface area contributed by atoms with E-state index in [0.717, 1.165) is 16.8 Å². The highest BCUT2D eigenvalue weighted by Crippen LogP contribution is 2.29. The Kier molecular flexibility index (Phi) is 1.85. The van der Waals surface area contributed by atoms with Crippen molar-refractivity contribution in [2.45, 2.75) is 6.92 Å². The third-order valence-corrected chi connectivity index (χ3v) is 2.68. The van der Waals surface area contributed by atoms with Gasteiger partial charge in [0.2, 0.25) is 0 Å². The fourth-order valence-electron chi connectivity index (χ4n) is 1.92. The van der Waals surface area contributed by atoms with Crippen LogP contribution in [0.3, 0.4) is 0 Å². The molecule has 0 aliphatic heterocycles. The molecule has 3 rings (SSSR count). The van der Waals surface area contributed by atoms with Gasteiger partial charge in [-0.3, -0.25) is 10.1 Å². The van der Waals surface area contributed by atoms with Crippen molar-refractivity contribution >= 4 is 16.9 Å². The number of nitrogens with one attached hydrogen (secondary N) is 2. The molecule has 0 amide bonds. The van der Waals surface area contributed by atoms with Gasteiger partial charge < -0.3 is 10.2 Å². The van der Waals surface area contributed by atoms with Gasteiger partial charge in [-0.2, -0.15) is 5.10 Å². The van der Waals surface area contributed by atoms with Gasteiger partial charge in [-0.1, -0.05) is 6.07 Å². The minimum Gasteiger partial charge on any atom is -0.408 e. The molecule has 0 aliphatic rings. The maximum atomic E-state index is 11.1. The Balaban J connectivity index is 2.27. The number of nitrogens with zero attached hydrogens (tertiary/aromatic N) is 1. The van der Waals surface area contributed by atoms with E-state index in [2.05, 4.69) is 15.2 Å². The van der Waals surface area contributed by atoms with E-state index in [4.69, 9.17) is 10.2 Å². The van der Waals surface area contributed by atoms with Crippen LogP contribution in [0.25, 0.3) is 22.2 Å². The Bertz CT molecular complexity index is 731. The number of rotatable bonds is 1. The first-order valence-corrected chi connectivity index (χ1v) is 5.09. The minimum absolute atomic E-state index is 0.438. The maximum Gasteiger partial charge on any atom is 0.417 e. The molecule has 0 saturated heterocycles. The number of anilines is 1. The summed E-state index contributed by atoms with van der Waals surface area (Å²) in [7, 11) is 0. The van der Waals surface area contributed by atoms with Crippen LogP contribution in [-0.4, -0.2) is 15.2 Å². The van der Waals surface area contributed by atoms with E-state index in [1.165, 1.54) is 0 Å². The lowest BCUT2D eigenvalue weighted by atomic mass is 10.1. The quantitative estimate of drug-likeness (QED) is 0.588. The second-order valence-corrected chi connectivity index (χ2v) is 3.83. The number of hydrogen-bond acceptors (Lipinski definition) is 4. The van der Waals surface area contributed by atoms with E-state index >= 15 is 0 Å². The second-order valence-electron chi connectivity index (χ2n) is 3.83. The van der Waals surface area contributed by atoms with Crippen LogP contribution >= 0.6 is 0 Å². The van der Waals surface area contributed by atoms with Gasteiger partial charge in [0, 0.05) is 11.3 Å². The third-order valence-electron chi connectivity index (χ3n) is 2.68. The summed E-state index contributed by atoms with van der Waals surface area (Å²) >= 11 is 0. The first-order chi connectivity index (χ1) is 8.15. The van der Waals surface area contributed by atoms with E-state index in [-0.39, 0.29) is 0 Å². The van der Waals surface area contributed by atoms with Gasteiger partial charge >= 0.3 is 5.76 Å². The number of H-pyrrole nitrogens is 2. The van der Waals surface area contributed by atoms with Crippen LogP contribution in [0.1, 0.15) is 5.69 Å². The molecule has 6 heteroatoms. The van der Waals surface area contributed by atoms with E-state index in [1.54, 1.807) is 6.07 Å². The highest BCUT2D eigenvalue weighted by atomic mass is 16.4. The van der Waals surface area contributed by atoms with Crippen LogP contribution in [-0.2, 0) is 0 Å². The maximum absolute atomic E-state index is 11.1. The molecule has 2 heterocycles. The van der Waals surface area contributed by atoms with Gasteiger partial charge in [-0.05, 0) is 24.6 Å². The summed E-state index contributed by atoms with van der Waals surface area (Å²) in [5, 5.41) is 6.75. The van der Waals surface area contributed by atoms with Crippen LogP contribution in [0.5, 0.6) is 0 Å². The number of fused-ring (bicyclic) bond motifs is 1. The van der Waals surface area contributed by atoms with Crippen LogP contribution in [0.2, 0.25) is 0 Å². The molecule has 0 spiro atoms. The summed E-state index contributed by atoms with van der Waals surface area (Å²) in [5.74, 6) is -0.0262. The second kappa shape index (κ2) is 3.24. The summed E-state index contributed by atoms with van der Waals surface area (Å²) in [6.07, 6.45) is 0. The predicted octanol–water partition coefficient (Wildman–Crippen LogP) is 1.40. The Morgan fingerprint density at radius 3 is 2.94 bits per heavy atom. The number of benzene rings is 1. The standard InChI is InChI=1S/C11H10N4O2/c1-5-9(10(12)15-14-5)6-2-3-8-7(4-6)13-11(16)17-8/h2-4H,1H3,(H,13,16)(H3,12,14,15). The number of aromatic nitrogens is 3. The molecule has 0 atom stereocenters. The minimum atomic E-state index is -0.464. The molecule has 17 heavy (non-hydrogen) atoms. The predicted molar refractivity (Wildman–Crippen MR) is 63.6 cm³/mol. The molecule has 1 aromatic carbocycles. The first-order valence-electron chi connectivity index (χ1n) is 5.09. The molecule has 6 nitrogen and oxygen atoms in total. The first kappa shape index (κ1) is 9.71. The molecule has 0 bridgehead atoms. The Hall–Kier alpha value is -2.50. The largest absolute Gasteiger partial charge is 0.417 e. The smallest absolute Gasteiger partial charge is 0.408 e. The lowest BCUT2D eigenvalue weighted by Gasteiger charge is -2.00. The van der Waals surface area contributed by atoms with Crippen molar-refractivity contribution < 1.29 is 4.42 Å². The van der Waals surface area contributed by atoms with Gasteiger partial charge in [0.25, 0.3) is 0 Å². The number of aromatic amines is 2. The molecule has 0 fully saturated rings. The summed E-state index contributed by atoms with van der Waals surface area (Å²) in [4.78, 5) is 13.7. The van der Waals surface area contributed by atoms with Crippen molar-refractivity contribution in [3.63, 3.8) is 0 Å². The van der Waals surface area contributed by atoms with Gasteiger partial charge in [0.05, 0.1) is 5.52 Å². The SMILES string of the molecule is Cc1[nH]nc(N)c1-c1ccc2oc(=O)[nH]c2c1. The van der Waals surface area contributed by atoms with Gasteiger partial charge in [-0.25, -0.2) is 4.79 Å². The number of nitrogens with two attached hydrogens (primary N) is 1. The lowest BCUT2D eigenvalue weighted by molar-refractivity contribution is 0.555. The van der Waals surface area contributed by atoms with Crippen LogP contribution in [0.4, 0.5) is 5.82 Å². The van der Waals surface area contributed by atoms with E-state index < -0.39 is 5.76 Å². The highest BCUT2D eigenvalue weighted by Gasteiger charge is 2.11. The zero-order chi connectivity index (χ0) is 12.0. The van der Waals surface area contributed by atoms with Crippen molar-refractivity contribution in [1.82, 2.24) is 15.2 Å². The number of nitrogen functional groups attached to an aromatic ring is 1. The van der Waals surface area contributed by atoms with Crippen LogP contribution in [0.15, 0.2) is 27.4 Å². The average molecular weight is 230 g/mol. The van der Waals surface area contributed by atoms with E-state index in [9.17, 15) is 4.79 Å². The average Bonchev–Trinajstić information content (AvgIpc) is 2.80. The fraction of sp³-hybridized carbons (Fsp3) is 0.0909. The van der Waals surface area contributed by atoms with Crippen LogP contribution < -0.4 is 11.5 Å². The molecular formula is C11H10N4O2. The molecule has 3 aromatic rings. The highest BCUT2D eigenvalue weighted by molar-refractivity contribution is 5.84. The number of aryl methyl sites for hydroxylation is 1. The summed E-state index contributed by atoms with van der Waals surface area (Å²) in [6, 6.07) is 5.39. The zero-order valence-corrected chi connectivity index (χ0v) is 9.07. The number of oxazole rings is 1. The lowest BCUT2D eigenvalue weighted by Crippen LogP contribution is -1.93. The van der Waals surface area contributed by atoms with E-state index in [1.807, 2.05) is 19.1 Å². The van der Waals surface area contributed by atoms with Crippen molar-refractivity contribution in [2.75, 3.05) is 5.73 Å². The van der Waals surface area contributed by atoms with Crippen molar-refractivity contribution in [3.05, 3.63) is 34.4 Å². The van der Waals surface area contributed by atoms with Crippen molar-refractivity contribution in [2.24, 2.45) is 0 Å². The Labute approximate surface area is 95.4 Å². The molecule has 2 aromatic heterocycles. The Morgan fingerprint density at radius 1 is 1.41 bits per heavy atom. The normalized spacial score (nSPS) is 11.1. The topological polar surface area (TPSA) is 101 Å². The van der Waals surface area contributed by atoms with Crippen molar-refractivity contribution in [1.29, 1.82) is 0 Å². The zero-order valence-electron chi connectivity index (χ0n) is 9.07.